The minimum atomic E-state index is -0.452. The molecular formula is C10H11ClFNO. The third-order valence-corrected chi connectivity index (χ3v) is 2.05. The summed E-state index contributed by atoms with van der Waals surface area (Å²) in [6.45, 7) is 1.73. The van der Waals surface area contributed by atoms with Gasteiger partial charge in [0.25, 0.3) is 0 Å². The third kappa shape index (κ3) is 2.79. The summed E-state index contributed by atoms with van der Waals surface area (Å²) in [6, 6.07) is 3.49. The quantitative estimate of drug-likeness (QED) is 0.787. The van der Waals surface area contributed by atoms with Gasteiger partial charge in [-0.1, -0.05) is 11.6 Å². The number of hydrogen-bond donors (Lipinski definition) is 1. The van der Waals surface area contributed by atoms with E-state index in [-0.39, 0.29) is 23.3 Å². The molecule has 0 amide bonds. The Balaban J connectivity index is 2.90. The third-order valence-electron chi connectivity index (χ3n) is 1.74. The number of halogens is 2. The van der Waals surface area contributed by atoms with Crippen molar-refractivity contribution in [2.75, 3.05) is 0 Å². The molecule has 0 bridgehead atoms. The standard InChI is InChI=1S/C10H11ClFNO/c1-6(13)4-10(14)8-3-2-7(12)5-9(8)11/h2-3,5-6H,4,13H2,1H3. The normalized spacial score (nSPS) is 12.6. The van der Waals surface area contributed by atoms with E-state index in [1.807, 2.05) is 0 Å². The van der Waals surface area contributed by atoms with Gasteiger partial charge in [0.05, 0.1) is 5.02 Å². The Bertz CT molecular complexity index is 352. The van der Waals surface area contributed by atoms with Crippen LogP contribution in [0, 0.1) is 5.82 Å². The first-order valence-corrected chi connectivity index (χ1v) is 4.62. The highest BCUT2D eigenvalue weighted by molar-refractivity contribution is 6.33. The predicted octanol–water partition coefficient (Wildman–Crippen LogP) is 2.40. The van der Waals surface area contributed by atoms with Crippen LogP contribution in [0.2, 0.25) is 5.02 Å². The molecule has 76 valence electrons. The topological polar surface area (TPSA) is 43.1 Å². The number of carbonyl (C=O) groups excluding carboxylic acids is 1. The fraction of sp³-hybridized carbons (Fsp3) is 0.300. The van der Waals surface area contributed by atoms with Crippen molar-refractivity contribution in [3.05, 3.63) is 34.6 Å². The molecule has 0 heterocycles. The molecule has 0 radical (unpaired) electrons. The summed E-state index contributed by atoms with van der Waals surface area (Å²) >= 11 is 5.71. The van der Waals surface area contributed by atoms with Crippen LogP contribution in [0.5, 0.6) is 0 Å². The van der Waals surface area contributed by atoms with Gasteiger partial charge in [0.1, 0.15) is 5.82 Å². The van der Waals surface area contributed by atoms with Crippen molar-refractivity contribution in [2.45, 2.75) is 19.4 Å². The maximum absolute atomic E-state index is 12.7. The van der Waals surface area contributed by atoms with Gasteiger partial charge in [0.2, 0.25) is 0 Å². The molecule has 4 heteroatoms. The summed E-state index contributed by atoms with van der Waals surface area (Å²) < 4.78 is 12.7. The van der Waals surface area contributed by atoms with Crippen molar-refractivity contribution >= 4 is 17.4 Å². The van der Waals surface area contributed by atoms with Crippen molar-refractivity contribution in [1.82, 2.24) is 0 Å². The van der Waals surface area contributed by atoms with Crippen LogP contribution in [-0.4, -0.2) is 11.8 Å². The van der Waals surface area contributed by atoms with Gasteiger partial charge >= 0.3 is 0 Å². The molecule has 1 aromatic carbocycles. The highest BCUT2D eigenvalue weighted by Gasteiger charge is 2.12. The first kappa shape index (κ1) is 11.1. The highest BCUT2D eigenvalue weighted by atomic mass is 35.5. The van der Waals surface area contributed by atoms with Crippen LogP contribution in [0.25, 0.3) is 0 Å². The fourth-order valence-corrected chi connectivity index (χ4v) is 1.39. The van der Waals surface area contributed by atoms with E-state index < -0.39 is 5.82 Å². The second kappa shape index (κ2) is 4.53. The maximum Gasteiger partial charge on any atom is 0.165 e. The van der Waals surface area contributed by atoms with Crippen LogP contribution in [-0.2, 0) is 0 Å². The lowest BCUT2D eigenvalue weighted by molar-refractivity contribution is 0.0976. The van der Waals surface area contributed by atoms with Crippen molar-refractivity contribution in [2.24, 2.45) is 5.73 Å². The lowest BCUT2D eigenvalue weighted by atomic mass is 10.1. The number of rotatable bonds is 3. The Morgan fingerprint density at radius 3 is 2.79 bits per heavy atom. The molecule has 0 saturated carbocycles. The Morgan fingerprint density at radius 2 is 2.29 bits per heavy atom. The summed E-state index contributed by atoms with van der Waals surface area (Å²) in [7, 11) is 0. The van der Waals surface area contributed by atoms with E-state index in [1.54, 1.807) is 6.92 Å². The minimum absolute atomic E-state index is 0.135. The molecule has 1 atom stereocenters. The van der Waals surface area contributed by atoms with Crippen LogP contribution >= 0.6 is 11.6 Å². The largest absolute Gasteiger partial charge is 0.328 e. The SMILES string of the molecule is CC(N)CC(=O)c1ccc(F)cc1Cl. The van der Waals surface area contributed by atoms with Gasteiger partial charge in [-0.15, -0.1) is 0 Å². The van der Waals surface area contributed by atoms with Crippen molar-refractivity contribution in [1.29, 1.82) is 0 Å². The maximum atomic E-state index is 12.7. The summed E-state index contributed by atoms with van der Waals surface area (Å²) in [6.07, 6.45) is 0.214. The molecule has 0 aliphatic carbocycles. The molecule has 0 fully saturated rings. The molecule has 0 aliphatic rings. The summed E-state index contributed by atoms with van der Waals surface area (Å²) in [4.78, 5) is 11.5. The smallest absolute Gasteiger partial charge is 0.165 e. The Morgan fingerprint density at radius 1 is 1.64 bits per heavy atom. The molecule has 1 unspecified atom stereocenters. The molecule has 2 N–H and O–H groups in total. The van der Waals surface area contributed by atoms with E-state index >= 15 is 0 Å². The van der Waals surface area contributed by atoms with Gasteiger partial charge in [-0.3, -0.25) is 4.79 Å². The first-order chi connectivity index (χ1) is 6.50. The van der Waals surface area contributed by atoms with Gasteiger partial charge in [0.15, 0.2) is 5.78 Å². The van der Waals surface area contributed by atoms with E-state index in [0.29, 0.717) is 5.56 Å². The Kier molecular flexibility index (Phi) is 3.61. The van der Waals surface area contributed by atoms with Crippen molar-refractivity contribution in [3.8, 4) is 0 Å². The number of benzene rings is 1. The Labute approximate surface area is 86.9 Å². The van der Waals surface area contributed by atoms with Gasteiger partial charge in [-0.25, -0.2) is 4.39 Å². The molecule has 14 heavy (non-hydrogen) atoms. The van der Waals surface area contributed by atoms with Gasteiger partial charge in [0, 0.05) is 18.0 Å². The molecule has 1 rings (SSSR count). The fourth-order valence-electron chi connectivity index (χ4n) is 1.12. The molecule has 0 aromatic heterocycles. The van der Waals surface area contributed by atoms with Gasteiger partial charge in [-0.05, 0) is 25.1 Å². The van der Waals surface area contributed by atoms with Crippen LogP contribution in [0.1, 0.15) is 23.7 Å². The minimum Gasteiger partial charge on any atom is -0.328 e. The second-order valence-electron chi connectivity index (χ2n) is 3.23. The summed E-state index contributed by atoms with van der Waals surface area (Å²) in [5, 5.41) is 0.135. The zero-order chi connectivity index (χ0) is 10.7. The Hall–Kier alpha value is -0.930. The zero-order valence-electron chi connectivity index (χ0n) is 7.76. The van der Waals surface area contributed by atoms with Crippen molar-refractivity contribution in [3.63, 3.8) is 0 Å². The molecular weight excluding hydrogens is 205 g/mol. The van der Waals surface area contributed by atoms with Gasteiger partial charge in [-0.2, -0.15) is 0 Å². The second-order valence-corrected chi connectivity index (χ2v) is 3.64. The average molecular weight is 216 g/mol. The van der Waals surface area contributed by atoms with E-state index in [4.69, 9.17) is 17.3 Å². The molecule has 2 nitrogen and oxygen atoms in total. The zero-order valence-corrected chi connectivity index (χ0v) is 8.51. The van der Waals surface area contributed by atoms with Crippen LogP contribution in [0.15, 0.2) is 18.2 Å². The number of nitrogens with two attached hydrogens (primary N) is 1. The molecule has 0 aliphatic heterocycles. The lowest BCUT2D eigenvalue weighted by Crippen LogP contribution is -2.19. The van der Waals surface area contributed by atoms with E-state index in [1.165, 1.54) is 12.1 Å². The molecule has 0 spiro atoms. The predicted molar refractivity (Wildman–Crippen MR) is 54.0 cm³/mol. The first-order valence-electron chi connectivity index (χ1n) is 4.24. The van der Waals surface area contributed by atoms with Gasteiger partial charge < -0.3 is 5.73 Å². The van der Waals surface area contributed by atoms with E-state index in [9.17, 15) is 9.18 Å². The number of carbonyl (C=O) groups is 1. The van der Waals surface area contributed by atoms with Crippen LogP contribution in [0.3, 0.4) is 0 Å². The number of hydrogen-bond acceptors (Lipinski definition) is 2. The summed E-state index contributed by atoms with van der Waals surface area (Å²) in [5.41, 5.74) is 5.80. The molecule has 1 aromatic rings. The summed E-state index contributed by atoms with van der Waals surface area (Å²) in [5.74, 6) is -0.614. The van der Waals surface area contributed by atoms with Crippen LogP contribution < -0.4 is 5.73 Å². The number of Topliss-reactive ketones (excluding diaryl/α,β-unsaturated/α-hetero) is 1. The molecule has 0 saturated heterocycles. The number of ketones is 1. The van der Waals surface area contributed by atoms with E-state index in [2.05, 4.69) is 0 Å². The average Bonchev–Trinajstić information content (AvgIpc) is 2.01. The monoisotopic (exact) mass is 215 g/mol. The lowest BCUT2D eigenvalue weighted by Gasteiger charge is -2.05. The van der Waals surface area contributed by atoms with Crippen LogP contribution in [0.4, 0.5) is 4.39 Å². The highest BCUT2D eigenvalue weighted by Crippen LogP contribution is 2.19. The van der Waals surface area contributed by atoms with E-state index in [0.717, 1.165) is 6.07 Å². The van der Waals surface area contributed by atoms with Crippen molar-refractivity contribution < 1.29 is 9.18 Å².